The van der Waals surface area contributed by atoms with Crippen LogP contribution in [0.1, 0.15) is 5.56 Å². The maximum absolute atomic E-state index is 12.1. The van der Waals surface area contributed by atoms with E-state index in [9.17, 15) is 9.59 Å². The molecule has 114 valence electrons. The number of carbonyl (C=O) groups excluding carboxylic acids is 2. The van der Waals surface area contributed by atoms with Gasteiger partial charge in [-0.2, -0.15) is 0 Å². The van der Waals surface area contributed by atoms with E-state index in [1.54, 1.807) is 20.3 Å². The maximum Gasteiger partial charge on any atom is 0.294 e. The van der Waals surface area contributed by atoms with Crippen LogP contribution in [0.5, 0.6) is 0 Å². The first-order valence-electron chi connectivity index (χ1n) is 6.73. The topological polar surface area (TPSA) is 55.8 Å². The molecule has 1 aromatic rings. The monoisotopic (exact) mass is 291 g/mol. The number of amides is 1. The number of hydrogen-bond donors (Lipinski definition) is 0. The molecule has 0 saturated heterocycles. The Morgan fingerprint density at radius 1 is 1.05 bits per heavy atom. The average Bonchev–Trinajstić information content (AvgIpc) is 2.53. The lowest BCUT2D eigenvalue weighted by Crippen LogP contribution is -2.40. The van der Waals surface area contributed by atoms with Crippen LogP contribution in [0.25, 0.3) is 6.08 Å². The van der Waals surface area contributed by atoms with Gasteiger partial charge in [0.15, 0.2) is 0 Å². The van der Waals surface area contributed by atoms with Crippen molar-refractivity contribution >= 4 is 17.8 Å². The van der Waals surface area contributed by atoms with E-state index >= 15 is 0 Å². The predicted octanol–water partition coefficient (Wildman–Crippen LogP) is 1.39. The fraction of sp³-hybridized carbons (Fsp3) is 0.375. The van der Waals surface area contributed by atoms with Crippen LogP contribution in [0.2, 0.25) is 0 Å². The second-order valence-corrected chi connectivity index (χ2v) is 4.39. The number of hydrogen-bond acceptors (Lipinski definition) is 4. The maximum atomic E-state index is 12.1. The fourth-order valence-corrected chi connectivity index (χ4v) is 1.68. The smallest absolute Gasteiger partial charge is 0.294 e. The molecule has 0 saturated carbocycles. The predicted molar refractivity (Wildman–Crippen MR) is 80.8 cm³/mol. The van der Waals surface area contributed by atoms with Crippen molar-refractivity contribution in [3.05, 3.63) is 42.0 Å². The molecule has 1 rings (SSSR count). The lowest BCUT2D eigenvalue weighted by Gasteiger charge is -2.20. The molecule has 5 heteroatoms. The van der Waals surface area contributed by atoms with Crippen molar-refractivity contribution in [2.45, 2.75) is 0 Å². The molecule has 1 aromatic carbocycles. The zero-order chi connectivity index (χ0) is 15.5. The van der Waals surface area contributed by atoms with Gasteiger partial charge < -0.3 is 14.4 Å². The van der Waals surface area contributed by atoms with E-state index in [0.29, 0.717) is 26.3 Å². The minimum Gasteiger partial charge on any atom is -0.383 e. The minimum atomic E-state index is -0.550. The Kier molecular flexibility index (Phi) is 8.01. The molecular weight excluding hydrogens is 270 g/mol. The zero-order valence-corrected chi connectivity index (χ0v) is 12.5. The van der Waals surface area contributed by atoms with Gasteiger partial charge in [0, 0.05) is 27.3 Å². The number of benzene rings is 1. The summed E-state index contributed by atoms with van der Waals surface area (Å²) in [5, 5.41) is 0. The molecule has 0 N–H and O–H groups in total. The highest BCUT2D eigenvalue weighted by molar-refractivity contribution is 6.41. The SMILES string of the molecule is COCCN(CCOC)C(=O)C(=O)C=Cc1ccccc1. The third kappa shape index (κ3) is 6.33. The molecule has 0 bridgehead atoms. The first-order chi connectivity index (χ1) is 10.2. The van der Waals surface area contributed by atoms with Crippen molar-refractivity contribution < 1.29 is 19.1 Å². The van der Waals surface area contributed by atoms with E-state index in [-0.39, 0.29) is 0 Å². The molecule has 0 spiro atoms. The van der Waals surface area contributed by atoms with E-state index in [1.165, 1.54) is 11.0 Å². The molecule has 0 aliphatic heterocycles. The lowest BCUT2D eigenvalue weighted by molar-refractivity contribution is -0.143. The van der Waals surface area contributed by atoms with Gasteiger partial charge in [-0.15, -0.1) is 0 Å². The van der Waals surface area contributed by atoms with E-state index in [2.05, 4.69) is 0 Å². The van der Waals surface area contributed by atoms with Crippen LogP contribution in [0.15, 0.2) is 36.4 Å². The summed E-state index contributed by atoms with van der Waals surface area (Å²) >= 11 is 0. The summed E-state index contributed by atoms with van der Waals surface area (Å²) in [6, 6.07) is 9.36. The fourth-order valence-electron chi connectivity index (χ4n) is 1.68. The van der Waals surface area contributed by atoms with Crippen LogP contribution in [0, 0.1) is 0 Å². The first kappa shape index (κ1) is 17.1. The van der Waals surface area contributed by atoms with Gasteiger partial charge >= 0.3 is 0 Å². The number of rotatable bonds is 9. The first-order valence-corrected chi connectivity index (χ1v) is 6.73. The molecule has 0 aliphatic rings. The molecule has 0 fully saturated rings. The van der Waals surface area contributed by atoms with Crippen LogP contribution >= 0.6 is 0 Å². The molecule has 0 radical (unpaired) electrons. The second kappa shape index (κ2) is 9.85. The Bertz CT molecular complexity index is 462. The van der Waals surface area contributed by atoms with E-state index in [4.69, 9.17) is 9.47 Å². The van der Waals surface area contributed by atoms with Crippen LogP contribution in [0.3, 0.4) is 0 Å². The van der Waals surface area contributed by atoms with Crippen molar-refractivity contribution in [3.63, 3.8) is 0 Å². The Morgan fingerprint density at radius 3 is 2.14 bits per heavy atom. The highest BCUT2D eigenvalue weighted by atomic mass is 16.5. The zero-order valence-electron chi connectivity index (χ0n) is 12.5. The normalized spacial score (nSPS) is 10.8. The van der Waals surface area contributed by atoms with Crippen molar-refractivity contribution in [2.75, 3.05) is 40.5 Å². The Labute approximate surface area is 125 Å². The largest absolute Gasteiger partial charge is 0.383 e. The summed E-state index contributed by atoms with van der Waals surface area (Å²) in [7, 11) is 3.10. The van der Waals surface area contributed by atoms with E-state index in [1.807, 2.05) is 30.3 Å². The van der Waals surface area contributed by atoms with E-state index < -0.39 is 11.7 Å². The Balaban J connectivity index is 2.64. The van der Waals surface area contributed by atoms with Gasteiger partial charge in [0.2, 0.25) is 5.78 Å². The third-order valence-electron chi connectivity index (χ3n) is 2.86. The number of methoxy groups -OCH3 is 2. The Morgan fingerprint density at radius 2 is 1.62 bits per heavy atom. The number of nitrogens with zero attached hydrogens (tertiary/aromatic N) is 1. The molecule has 0 heterocycles. The van der Waals surface area contributed by atoms with Crippen LogP contribution in [-0.2, 0) is 19.1 Å². The molecule has 1 amide bonds. The second-order valence-electron chi connectivity index (χ2n) is 4.39. The van der Waals surface area contributed by atoms with Gasteiger partial charge in [-0.1, -0.05) is 36.4 Å². The number of ketones is 1. The average molecular weight is 291 g/mol. The summed E-state index contributed by atoms with van der Waals surface area (Å²) in [5.41, 5.74) is 0.874. The summed E-state index contributed by atoms with van der Waals surface area (Å²) in [4.78, 5) is 25.4. The molecule has 0 aromatic heterocycles. The third-order valence-corrected chi connectivity index (χ3v) is 2.86. The van der Waals surface area contributed by atoms with Crippen LogP contribution in [-0.4, -0.2) is 57.1 Å². The highest BCUT2D eigenvalue weighted by Gasteiger charge is 2.18. The summed E-state index contributed by atoms with van der Waals surface area (Å²) < 4.78 is 9.89. The molecule has 0 unspecified atom stereocenters. The van der Waals surface area contributed by atoms with Crippen LogP contribution in [0.4, 0.5) is 0 Å². The van der Waals surface area contributed by atoms with Gasteiger partial charge in [-0.05, 0) is 11.6 Å². The molecule has 21 heavy (non-hydrogen) atoms. The van der Waals surface area contributed by atoms with Crippen molar-refractivity contribution in [3.8, 4) is 0 Å². The van der Waals surface area contributed by atoms with Crippen LogP contribution < -0.4 is 0 Å². The molecule has 0 atom stereocenters. The van der Waals surface area contributed by atoms with Gasteiger partial charge in [0.1, 0.15) is 0 Å². The number of ether oxygens (including phenoxy) is 2. The van der Waals surface area contributed by atoms with Gasteiger partial charge in [0.05, 0.1) is 13.2 Å². The van der Waals surface area contributed by atoms with Gasteiger partial charge in [-0.25, -0.2) is 0 Å². The van der Waals surface area contributed by atoms with E-state index in [0.717, 1.165) is 5.56 Å². The molecule has 0 aliphatic carbocycles. The minimum absolute atomic E-state index is 0.365. The molecule has 5 nitrogen and oxygen atoms in total. The van der Waals surface area contributed by atoms with Crippen molar-refractivity contribution in [2.24, 2.45) is 0 Å². The Hall–Kier alpha value is -1.98. The van der Waals surface area contributed by atoms with Crippen molar-refractivity contribution in [1.29, 1.82) is 0 Å². The lowest BCUT2D eigenvalue weighted by atomic mass is 10.2. The van der Waals surface area contributed by atoms with Gasteiger partial charge in [-0.3, -0.25) is 9.59 Å². The molecular formula is C16H21NO4. The summed E-state index contributed by atoms with van der Waals surface area (Å²) in [6.07, 6.45) is 2.93. The quantitative estimate of drug-likeness (QED) is 0.509. The summed E-state index contributed by atoms with van der Waals surface area (Å²) in [5.74, 6) is -1.10. The highest BCUT2D eigenvalue weighted by Crippen LogP contribution is 2.02. The standard InChI is InChI=1S/C16H21NO4/c1-20-12-10-17(11-13-21-2)16(19)15(18)9-8-14-6-4-3-5-7-14/h3-9H,10-13H2,1-2H3. The van der Waals surface area contributed by atoms with Gasteiger partial charge in [0.25, 0.3) is 5.91 Å². The number of carbonyl (C=O) groups is 2. The van der Waals surface area contributed by atoms with Crippen molar-refractivity contribution in [1.82, 2.24) is 4.90 Å². The summed E-state index contributed by atoms with van der Waals surface area (Å²) in [6.45, 7) is 1.49.